The standard InChI is InChI=1S/C20H16Cl2N2O4/c21-13-4-6-16(7-5-13)27-12-17-8-9-18(28-17)20(26)23-11-19(25)24-15-3-1-2-14(22)10-15/h1-10H,11-12H2,(H,23,26)(H,24,25). The molecule has 0 bridgehead atoms. The number of hydrogen-bond acceptors (Lipinski definition) is 4. The molecule has 0 unspecified atom stereocenters. The molecule has 2 amide bonds. The van der Waals surface area contributed by atoms with Gasteiger partial charge in [0.2, 0.25) is 5.91 Å². The highest BCUT2D eigenvalue weighted by Crippen LogP contribution is 2.18. The van der Waals surface area contributed by atoms with Crippen LogP contribution >= 0.6 is 23.2 Å². The van der Waals surface area contributed by atoms with Crippen LogP contribution in [0, 0.1) is 0 Å². The van der Waals surface area contributed by atoms with Crippen molar-refractivity contribution in [3.63, 3.8) is 0 Å². The van der Waals surface area contributed by atoms with Crippen molar-refractivity contribution in [2.75, 3.05) is 11.9 Å². The number of hydrogen-bond donors (Lipinski definition) is 2. The Bertz CT molecular complexity index is 970. The summed E-state index contributed by atoms with van der Waals surface area (Å²) in [7, 11) is 0. The molecule has 0 aliphatic carbocycles. The maximum absolute atomic E-state index is 12.1. The van der Waals surface area contributed by atoms with Gasteiger partial charge >= 0.3 is 0 Å². The van der Waals surface area contributed by atoms with Crippen molar-refractivity contribution < 1.29 is 18.7 Å². The molecular formula is C20H16Cl2N2O4. The van der Waals surface area contributed by atoms with Gasteiger partial charge in [0.1, 0.15) is 18.1 Å². The third-order valence-electron chi connectivity index (χ3n) is 3.60. The summed E-state index contributed by atoms with van der Waals surface area (Å²) in [6.45, 7) is -0.0488. The second-order valence-electron chi connectivity index (χ2n) is 5.75. The minimum Gasteiger partial charge on any atom is -0.486 e. The lowest BCUT2D eigenvalue weighted by Gasteiger charge is -2.06. The zero-order valence-electron chi connectivity index (χ0n) is 14.6. The Kier molecular flexibility index (Phi) is 6.57. The second-order valence-corrected chi connectivity index (χ2v) is 6.62. The van der Waals surface area contributed by atoms with Gasteiger partial charge in [-0.1, -0.05) is 29.3 Å². The average molecular weight is 419 g/mol. The number of furan rings is 1. The molecule has 8 heteroatoms. The van der Waals surface area contributed by atoms with Gasteiger partial charge in [-0.05, 0) is 54.6 Å². The second kappa shape index (κ2) is 9.30. The first-order chi connectivity index (χ1) is 13.5. The van der Waals surface area contributed by atoms with E-state index in [9.17, 15) is 9.59 Å². The van der Waals surface area contributed by atoms with Gasteiger partial charge in [-0.2, -0.15) is 0 Å². The quantitative estimate of drug-likeness (QED) is 0.590. The summed E-state index contributed by atoms with van der Waals surface area (Å²) in [6, 6.07) is 16.8. The van der Waals surface area contributed by atoms with Crippen LogP contribution in [0.2, 0.25) is 10.0 Å². The molecule has 1 heterocycles. The Balaban J connectivity index is 1.47. The van der Waals surface area contributed by atoms with E-state index in [1.54, 1.807) is 54.6 Å². The van der Waals surface area contributed by atoms with E-state index < -0.39 is 5.91 Å². The molecule has 0 aliphatic rings. The highest BCUT2D eigenvalue weighted by atomic mass is 35.5. The van der Waals surface area contributed by atoms with E-state index in [0.717, 1.165) is 0 Å². The summed E-state index contributed by atoms with van der Waals surface area (Å²) < 4.78 is 11.0. The van der Waals surface area contributed by atoms with Gasteiger partial charge in [0.05, 0.1) is 6.54 Å². The normalized spacial score (nSPS) is 10.4. The summed E-state index contributed by atoms with van der Waals surface area (Å²) in [5.74, 6) is 0.311. The van der Waals surface area contributed by atoms with Crippen LogP contribution in [0.3, 0.4) is 0 Å². The molecule has 6 nitrogen and oxygen atoms in total. The first-order valence-electron chi connectivity index (χ1n) is 8.30. The minimum atomic E-state index is -0.501. The van der Waals surface area contributed by atoms with Crippen molar-refractivity contribution >= 4 is 40.7 Å². The smallest absolute Gasteiger partial charge is 0.287 e. The number of halogens is 2. The highest BCUT2D eigenvalue weighted by Gasteiger charge is 2.13. The van der Waals surface area contributed by atoms with Crippen LogP contribution < -0.4 is 15.4 Å². The number of anilines is 1. The molecule has 28 heavy (non-hydrogen) atoms. The number of nitrogens with one attached hydrogen (secondary N) is 2. The van der Waals surface area contributed by atoms with Crippen LogP contribution in [0.15, 0.2) is 65.1 Å². The summed E-state index contributed by atoms with van der Waals surface area (Å²) in [5, 5.41) is 6.25. The van der Waals surface area contributed by atoms with Gasteiger partial charge in [-0.25, -0.2) is 0 Å². The average Bonchev–Trinajstić information content (AvgIpc) is 3.15. The third-order valence-corrected chi connectivity index (χ3v) is 4.09. The van der Waals surface area contributed by atoms with Gasteiger partial charge in [0.15, 0.2) is 5.76 Å². The number of benzene rings is 2. The number of ether oxygens (including phenoxy) is 1. The van der Waals surface area contributed by atoms with Crippen LogP contribution in [0.1, 0.15) is 16.3 Å². The molecule has 2 aromatic carbocycles. The first-order valence-corrected chi connectivity index (χ1v) is 9.06. The molecule has 144 valence electrons. The van der Waals surface area contributed by atoms with Crippen molar-refractivity contribution in [3.8, 4) is 5.75 Å². The summed E-state index contributed by atoms with van der Waals surface area (Å²) in [6.07, 6.45) is 0. The van der Waals surface area contributed by atoms with Gasteiger partial charge in [0.25, 0.3) is 5.91 Å². The number of carbonyl (C=O) groups is 2. The lowest BCUT2D eigenvalue weighted by molar-refractivity contribution is -0.115. The molecule has 0 saturated carbocycles. The lowest BCUT2D eigenvalue weighted by Crippen LogP contribution is -2.32. The van der Waals surface area contributed by atoms with Crippen LogP contribution in [-0.2, 0) is 11.4 Å². The Labute approximate surface area is 171 Å². The third kappa shape index (κ3) is 5.77. The lowest BCUT2D eigenvalue weighted by atomic mass is 10.3. The Morgan fingerprint density at radius 2 is 1.75 bits per heavy atom. The fraction of sp³-hybridized carbons (Fsp3) is 0.100. The van der Waals surface area contributed by atoms with Gasteiger partial charge in [0, 0.05) is 15.7 Å². The zero-order valence-corrected chi connectivity index (χ0v) is 16.1. The molecular weight excluding hydrogens is 403 g/mol. The summed E-state index contributed by atoms with van der Waals surface area (Å²) in [5.41, 5.74) is 0.548. The molecule has 2 N–H and O–H groups in total. The molecule has 0 fully saturated rings. The van der Waals surface area contributed by atoms with E-state index in [0.29, 0.717) is 27.2 Å². The van der Waals surface area contributed by atoms with Crippen molar-refractivity contribution in [3.05, 3.63) is 82.2 Å². The Morgan fingerprint density at radius 3 is 2.50 bits per heavy atom. The van der Waals surface area contributed by atoms with Crippen molar-refractivity contribution in [1.29, 1.82) is 0 Å². The van der Waals surface area contributed by atoms with Gasteiger partial charge in [-0.15, -0.1) is 0 Å². The molecule has 0 atom stereocenters. The molecule has 3 aromatic rings. The first kappa shape index (κ1) is 19.8. The summed E-state index contributed by atoms with van der Waals surface area (Å²) >= 11 is 11.7. The van der Waals surface area contributed by atoms with E-state index >= 15 is 0 Å². The predicted octanol–water partition coefficient (Wildman–Crippen LogP) is 4.53. The topological polar surface area (TPSA) is 80.6 Å². The van der Waals surface area contributed by atoms with Crippen LogP contribution in [0.25, 0.3) is 0 Å². The Morgan fingerprint density at radius 1 is 0.964 bits per heavy atom. The molecule has 0 aliphatic heterocycles. The predicted molar refractivity (Wildman–Crippen MR) is 107 cm³/mol. The number of rotatable bonds is 7. The number of carbonyl (C=O) groups excluding carboxylic acids is 2. The fourth-order valence-corrected chi connectivity index (χ4v) is 2.60. The molecule has 0 saturated heterocycles. The van der Waals surface area contributed by atoms with Crippen molar-refractivity contribution in [2.24, 2.45) is 0 Å². The van der Waals surface area contributed by atoms with Crippen LogP contribution in [0.4, 0.5) is 5.69 Å². The van der Waals surface area contributed by atoms with E-state index in [1.807, 2.05) is 0 Å². The van der Waals surface area contributed by atoms with Crippen molar-refractivity contribution in [2.45, 2.75) is 6.61 Å². The Hall–Kier alpha value is -2.96. The van der Waals surface area contributed by atoms with E-state index in [2.05, 4.69) is 10.6 Å². The maximum Gasteiger partial charge on any atom is 0.287 e. The van der Waals surface area contributed by atoms with E-state index in [-0.39, 0.29) is 24.8 Å². The molecule has 3 rings (SSSR count). The monoisotopic (exact) mass is 418 g/mol. The summed E-state index contributed by atoms with van der Waals surface area (Å²) in [4.78, 5) is 24.0. The SMILES string of the molecule is O=C(CNC(=O)c1ccc(COc2ccc(Cl)cc2)o1)Nc1cccc(Cl)c1. The van der Waals surface area contributed by atoms with Gasteiger partial charge < -0.3 is 19.8 Å². The molecule has 1 aromatic heterocycles. The van der Waals surface area contributed by atoms with Gasteiger partial charge in [-0.3, -0.25) is 9.59 Å². The number of amides is 2. The minimum absolute atomic E-state index is 0.0882. The maximum atomic E-state index is 12.1. The van der Waals surface area contributed by atoms with E-state index in [1.165, 1.54) is 6.07 Å². The highest BCUT2D eigenvalue weighted by molar-refractivity contribution is 6.31. The largest absolute Gasteiger partial charge is 0.486 e. The molecule has 0 spiro atoms. The van der Waals surface area contributed by atoms with Crippen molar-refractivity contribution in [1.82, 2.24) is 5.32 Å². The van der Waals surface area contributed by atoms with Crippen LogP contribution in [0.5, 0.6) is 5.75 Å². The van der Waals surface area contributed by atoms with Crippen LogP contribution in [-0.4, -0.2) is 18.4 Å². The fourth-order valence-electron chi connectivity index (χ4n) is 2.28. The van der Waals surface area contributed by atoms with E-state index in [4.69, 9.17) is 32.4 Å². The molecule has 0 radical (unpaired) electrons. The zero-order chi connectivity index (χ0) is 19.9.